The van der Waals surface area contributed by atoms with E-state index < -0.39 is 5.97 Å². The van der Waals surface area contributed by atoms with Gasteiger partial charge in [0.15, 0.2) is 0 Å². The third-order valence-corrected chi connectivity index (χ3v) is 3.08. The van der Waals surface area contributed by atoms with E-state index in [2.05, 4.69) is 15.9 Å². The van der Waals surface area contributed by atoms with Crippen LogP contribution in [0.4, 0.5) is 0 Å². The number of benzene rings is 1. The van der Waals surface area contributed by atoms with Crippen LogP contribution in [0.25, 0.3) is 0 Å². The molecule has 0 heterocycles. The standard InChI is InChI=1S/C10H10BrClO2/c1-6-7(5-11)2-3-9(12)8(6)4-10(13)14/h2-3H,4-5H2,1H3,(H,13,14). The normalized spacial score (nSPS) is 10.2. The summed E-state index contributed by atoms with van der Waals surface area (Å²) in [6.45, 7) is 1.89. The third-order valence-electron chi connectivity index (χ3n) is 2.13. The molecule has 4 heteroatoms. The molecular weight excluding hydrogens is 267 g/mol. The lowest BCUT2D eigenvalue weighted by atomic mass is 10.0. The molecule has 14 heavy (non-hydrogen) atoms. The molecule has 0 fully saturated rings. The first-order valence-corrected chi connectivity index (χ1v) is 5.60. The molecule has 1 N–H and O–H groups in total. The van der Waals surface area contributed by atoms with Gasteiger partial charge in [0.1, 0.15) is 0 Å². The van der Waals surface area contributed by atoms with E-state index in [-0.39, 0.29) is 6.42 Å². The van der Waals surface area contributed by atoms with E-state index in [1.165, 1.54) is 0 Å². The Morgan fingerprint density at radius 2 is 2.21 bits per heavy atom. The summed E-state index contributed by atoms with van der Waals surface area (Å²) in [5, 5.41) is 9.94. The minimum absolute atomic E-state index is 0.0223. The van der Waals surface area contributed by atoms with E-state index in [4.69, 9.17) is 16.7 Å². The molecule has 0 bridgehead atoms. The van der Waals surface area contributed by atoms with Crippen LogP contribution < -0.4 is 0 Å². The number of hydrogen-bond acceptors (Lipinski definition) is 1. The summed E-state index contributed by atoms with van der Waals surface area (Å²) >= 11 is 9.27. The molecule has 2 nitrogen and oxygen atoms in total. The van der Waals surface area contributed by atoms with Gasteiger partial charge in [-0.05, 0) is 29.7 Å². The van der Waals surface area contributed by atoms with Gasteiger partial charge in [-0.3, -0.25) is 4.79 Å². The highest BCUT2D eigenvalue weighted by Crippen LogP contribution is 2.24. The van der Waals surface area contributed by atoms with Crippen molar-refractivity contribution in [3.05, 3.63) is 33.8 Å². The Hall–Kier alpha value is -0.540. The number of aliphatic carboxylic acids is 1. The van der Waals surface area contributed by atoms with E-state index in [0.717, 1.165) is 11.1 Å². The fourth-order valence-electron chi connectivity index (χ4n) is 1.29. The molecule has 0 saturated carbocycles. The SMILES string of the molecule is Cc1c(CBr)ccc(Cl)c1CC(=O)O. The zero-order valence-electron chi connectivity index (χ0n) is 7.68. The van der Waals surface area contributed by atoms with Crippen LogP contribution in [0.1, 0.15) is 16.7 Å². The topological polar surface area (TPSA) is 37.3 Å². The molecule has 0 aliphatic carbocycles. The average molecular weight is 278 g/mol. The monoisotopic (exact) mass is 276 g/mol. The van der Waals surface area contributed by atoms with Crippen molar-refractivity contribution in [2.75, 3.05) is 0 Å². The van der Waals surface area contributed by atoms with Crippen LogP contribution in [0.15, 0.2) is 12.1 Å². The van der Waals surface area contributed by atoms with Gasteiger partial charge in [-0.2, -0.15) is 0 Å². The number of rotatable bonds is 3. The van der Waals surface area contributed by atoms with Crippen molar-refractivity contribution in [2.24, 2.45) is 0 Å². The van der Waals surface area contributed by atoms with Gasteiger partial charge in [-0.1, -0.05) is 33.6 Å². The summed E-state index contributed by atoms with van der Waals surface area (Å²) in [6.07, 6.45) is -0.0223. The molecule has 0 aliphatic heterocycles. The van der Waals surface area contributed by atoms with E-state index >= 15 is 0 Å². The van der Waals surface area contributed by atoms with Crippen molar-refractivity contribution >= 4 is 33.5 Å². The van der Waals surface area contributed by atoms with Gasteiger partial charge in [0, 0.05) is 10.4 Å². The van der Waals surface area contributed by atoms with Crippen LogP contribution in [0, 0.1) is 6.92 Å². The zero-order chi connectivity index (χ0) is 10.7. The Morgan fingerprint density at radius 1 is 1.57 bits per heavy atom. The fourth-order valence-corrected chi connectivity index (χ4v) is 2.16. The molecule has 1 rings (SSSR count). The maximum Gasteiger partial charge on any atom is 0.307 e. The van der Waals surface area contributed by atoms with Crippen molar-refractivity contribution in [3.8, 4) is 0 Å². The quantitative estimate of drug-likeness (QED) is 0.862. The largest absolute Gasteiger partial charge is 0.481 e. The van der Waals surface area contributed by atoms with Gasteiger partial charge in [-0.15, -0.1) is 0 Å². The Labute approximate surface area is 96.0 Å². The highest BCUT2D eigenvalue weighted by molar-refractivity contribution is 9.08. The lowest BCUT2D eigenvalue weighted by molar-refractivity contribution is -0.136. The predicted octanol–water partition coefficient (Wildman–Crippen LogP) is 3.17. The molecule has 0 amide bonds. The minimum atomic E-state index is -0.860. The van der Waals surface area contributed by atoms with Crippen molar-refractivity contribution in [2.45, 2.75) is 18.7 Å². The zero-order valence-corrected chi connectivity index (χ0v) is 10.0. The first-order chi connectivity index (χ1) is 6.56. The van der Waals surface area contributed by atoms with Gasteiger partial charge < -0.3 is 5.11 Å². The molecule has 0 unspecified atom stereocenters. The Balaban J connectivity index is 3.18. The van der Waals surface area contributed by atoms with E-state index in [1.54, 1.807) is 6.07 Å². The molecule has 1 aromatic rings. The van der Waals surface area contributed by atoms with Crippen LogP contribution in [0.3, 0.4) is 0 Å². The molecule has 0 aliphatic rings. The highest BCUT2D eigenvalue weighted by atomic mass is 79.9. The molecule has 0 atom stereocenters. The van der Waals surface area contributed by atoms with E-state index in [1.807, 2.05) is 13.0 Å². The van der Waals surface area contributed by atoms with Crippen LogP contribution in [-0.2, 0) is 16.5 Å². The number of hydrogen-bond donors (Lipinski definition) is 1. The summed E-state index contributed by atoms with van der Waals surface area (Å²) in [4.78, 5) is 10.6. The van der Waals surface area contributed by atoms with Gasteiger partial charge in [-0.25, -0.2) is 0 Å². The van der Waals surface area contributed by atoms with Crippen LogP contribution in [-0.4, -0.2) is 11.1 Å². The van der Waals surface area contributed by atoms with E-state index in [9.17, 15) is 4.79 Å². The molecular formula is C10H10BrClO2. The summed E-state index contributed by atoms with van der Waals surface area (Å²) in [6, 6.07) is 3.64. The Bertz CT molecular complexity index is 363. The fraction of sp³-hybridized carbons (Fsp3) is 0.300. The Kier molecular flexibility index (Phi) is 3.96. The lowest BCUT2D eigenvalue weighted by Gasteiger charge is -2.09. The van der Waals surface area contributed by atoms with Crippen molar-refractivity contribution in [3.63, 3.8) is 0 Å². The molecule has 0 radical (unpaired) electrons. The maximum atomic E-state index is 10.6. The molecule has 1 aromatic carbocycles. The second kappa shape index (κ2) is 4.80. The van der Waals surface area contributed by atoms with Gasteiger partial charge >= 0.3 is 5.97 Å². The molecule has 76 valence electrons. The highest BCUT2D eigenvalue weighted by Gasteiger charge is 2.11. The molecule has 0 spiro atoms. The maximum absolute atomic E-state index is 10.6. The molecule has 0 aromatic heterocycles. The third kappa shape index (κ3) is 2.49. The first kappa shape index (κ1) is 11.5. The number of alkyl halides is 1. The van der Waals surface area contributed by atoms with Gasteiger partial charge in [0.2, 0.25) is 0 Å². The predicted molar refractivity (Wildman–Crippen MR) is 60.2 cm³/mol. The van der Waals surface area contributed by atoms with Crippen LogP contribution in [0.5, 0.6) is 0 Å². The van der Waals surface area contributed by atoms with E-state index in [0.29, 0.717) is 15.9 Å². The van der Waals surface area contributed by atoms with Crippen LogP contribution >= 0.6 is 27.5 Å². The van der Waals surface area contributed by atoms with Gasteiger partial charge in [0.05, 0.1) is 6.42 Å². The Morgan fingerprint density at radius 3 is 2.71 bits per heavy atom. The minimum Gasteiger partial charge on any atom is -0.481 e. The summed E-state index contributed by atoms with van der Waals surface area (Å²) in [7, 11) is 0. The molecule has 0 saturated heterocycles. The number of carboxylic acids is 1. The second-order valence-electron chi connectivity index (χ2n) is 3.01. The first-order valence-electron chi connectivity index (χ1n) is 4.11. The number of carboxylic acid groups (broad SMARTS) is 1. The van der Waals surface area contributed by atoms with Gasteiger partial charge in [0.25, 0.3) is 0 Å². The van der Waals surface area contributed by atoms with Crippen molar-refractivity contribution in [1.29, 1.82) is 0 Å². The number of carbonyl (C=O) groups is 1. The van der Waals surface area contributed by atoms with Crippen molar-refractivity contribution in [1.82, 2.24) is 0 Å². The lowest BCUT2D eigenvalue weighted by Crippen LogP contribution is -2.04. The average Bonchev–Trinajstić information content (AvgIpc) is 2.12. The summed E-state index contributed by atoms with van der Waals surface area (Å²) in [5.41, 5.74) is 2.73. The second-order valence-corrected chi connectivity index (χ2v) is 3.98. The smallest absolute Gasteiger partial charge is 0.307 e. The number of halogens is 2. The summed E-state index contributed by atoms with van der Waals surface area (Å²) in [5.74, 6) is -0.860. The summed E-state index contributed by atoms with van der Waals surface area (Å²) < 4.78 is 0. The van der Waals surface area contributed by atoms with Crippen molar-refractivity contribution < 1.29 is 9.90 Å². The van der Waals surface area contributed by atoms with Crippen LogP contribution in [0.2, 0.25) is 5.02 Å².